The van der Waals surface area contributed by atoms with Gasteiger partial charge >= 0.3 is 11.9 Å². The van der Waals surface area contributed by atoms with Crippen LogP contribution in [0.3, 0.4) is 0 Å². The number of methoxy groups -OCH3 is 2. The van der Waals surface area contributed by atoms with E-state index in [4.69, 9.17) is 9.47 Å². The molecular formula is C10H14O4. The fourth-order valence-electron chi connectivity index (χ4n) is 2.68. The number of ether oxygens (including phenoxy) is 2. The Morgan fingerprint density at radius 1 is 1.07 bits per heavy atom. The Kier molecular flexibility index (Phi) is 1.84. The van der Waals surface area contributed by atoms with Gasteiger partial charge in [-0.3, -0.25) is 9.59 Å². The summed E-state index contributed by atoms with van der Waals surface area (Å²) in [6.07, 6.45) is 3.59. The number of hydrogen-bond donors (Lipinski definition) is 0. The molecule has 14 heavy (non-hydrogen) atoms. The predicted octanol–water partition coefficient (Wildman–Crippen LogP) is 0.893. The molecular weight excluding hydrogens is 184 g/mol. The maximum atomic E-state index is 11.6. The maximum Gasteiger partial charge on any atom is 0.323 e. The van der Waals surface area contributed by atoms with E-state index in [0.29, 0.717) is 6.42 Å². The molecule has 2 aliphatic rings. The Bertz CT molecular complexity index is 274. The Morgan fingerprint density at radius 2 is 1.57 bits per heavy atom. The monoisotopic (exact) mass is 198 g/mol. The smallest absolute Gasteiger partial charge is 0.323 e. The van der Waals surface area contributed by atoms with Crippen LogP contribution in [0.25, 0.3) is 0 Å². The highest BCUT2D eigenvalue weighted by molar-refractivity contribution is 6.05. The number of rotatable bonds is 2. The van der Waals surface area contributed by atoms with Crippen molar-refractivity contribution in [3.8, 4) is 0 Å². The summed E-state index contributed by atoms with van der Waals surface area (Å²) in [5, 5.41) is 0. The van der Waals surface area contributed by atoms with Gasteiger partial charge in [0.2, 0.25) is 0 Å². The van der Waals surface area contributed by atoms with Gasteiger partial charge in [0, 0.05) is 0 Å². The van der Waals surface area contributed by atoms with E-state index >= 15 is 0 Å². The minimum Gasteiger partial charge on any atom is -0.468 e. The van der Waals surface area contributed by atoms with Crippen molar-refractivity contribution in [3.05, 3.63) is 0 Å². The zero-order valence-electron chi connectivity index (χ0n) is 8.46. The third-order valence-electron chi connectivity index (χ3n) is 3.76. The van der Waals surface area contributed by atoms with E-state index in [1.54, 1.807) is 0 Å². The molecule has 2 aliphatic carbocycles. The second-order valence-corrected chi connectivity index (χ2v) is 4.20. The first-order valence-electron chi connectivity index (χ1n) is 4.80. The molecule has 0 saturated heterocycles. The molecule has 4 nitrogen and oxygen atoms in total. The van der Waals surface area contributed by atoms with E-state index in [1.807, 2.05) is 0 Å². The minimum absolute atomic E-state index is 0.118. The number of carbonyl (C=O) groups excluding carboxylic acids is 2. The summed E-state index contributed by atoms with van der Waals surface area (Å²) in [4.78, 5) is 23.2. The summed E-state index contributed by atoms with van der Waals surface area (Å²) < 4.78 is 9.38. The van der Waals surface area contributed by atoms with Crippen LogP contribution in [0.5, 0.6) is 0 Å². The number of esters is 2. The second kappa shape index (κ2) is 2.72. The van der Waals surface area contributed by atoms with Crippen LogP contribution in [-0.4, -0.2) is 26.2 Å². The highest BCUT2D eigenvalue weighted by Gasteiger charge is 2.79. The minimum atomic E-state index is -0.964. The van der Waals surface area contributed by atoms with E-state index in [2.05, 4.69) is 0 Å². The van der Waals surface area contributed by atoms with Gasteiger partial charge in [0.25, 0.3) is 0 Å². The van der Waals surface area contributed by atoms with Gasteiger partial charge in [0.05, 0.1) is 14.2 Å². The summed E-state index contributed by atoms with van der Waals surface area (Å²) in [6, 6.07) is 0. The average molecular weight is 198 g/mol. The third kappa shape index (κ3) is 0.837. The predicted molar refractivity (Wildman–Crippen MR) is 47.4 cm³/mol. The summed E-state index contributed by atoms with van der Waals surface area (Å²) in [7, 11) is 2.63. The SMILES string of the molecule is COC(=O)C1(C(=O)OC)CC12CCC2. The third-order valence-corrected chi connectivity index (χ3v) is 3.76. The van der Waals surface area contributed by atoms with Crippen LogP contribution in [0.1, 0.15) is 25.7 Å². The van der Waals surface area contributed by atoms with Gasteiger partial charge in [-0.1, -0.05) is 6.42 Å². The lowest BCUT2D eigenvalue weighted by molar-refractivity contribution is -0.164. The first kappa shape index (κ1) is 9.49. The maximum absolute atomic E-state index is 11.6. The number of hydrogen-bond acceptors (Lipinski definition) is 4. The molecule has 0 unspecified atom stereocenters. The van der Waals surface area contributed by atoms with Crippen molar-refractivity contribution in [2.24, 2.45) is 10.8 Å². The molecule has 2 fully saturated rings. The van der Waals surface area contributed by atoms with Crippen LogP contribution in [-0.2, 0) is 19.1 Å². The molecule has 0 N–H and O–H groups in total. The van der Waals surface area contributed by atoms with E-state index in [1.165, 1.54) is 14.2 Å². The lowest BCUT2D eigenvalue weighted by Gasteiger charge is -2.29. The standard InChI is InChI=1S/C10H14O4/c1-13-7(11)10(8(12)14-2)6-9(10)4-3-5-9/h3-6H2,1-2H3. The van der Waals surface area contributed by atoms with Crippen molar-refractivity contribution in [2.75, 3.05) is 14.2 Å². The van der Waals surface area contributed by atoms with Crippen molar-refractivity contribution in [2.45, 2.75) is 25.7 Å². The van der Waals surface area contributed by atoms with Gasteiger partial charge in [0.1, 0.15) is 0 Å². The molecule has 0 aromatic heterocycles. The zero-order chi connectivity index (χ0) is 10.4. The van der Waals surface area contributed by atoms with E-state index in [-0.39, 0.29) is 5.41 Å². The first-order chi connectivity index (χ1) is 6.63. The quantitative estimate of drug-likeness (QED) is 0.488. The van der Waals surface area contributed by atoms with Crippen LogP contribution in [0.2, 0.25) is 0 Å². The molecule has 4 heteroatoms. The molecule has 0 aromatic rings. The summed E-state index contributed by atoms with van der Waals surface area (Å²) in [5.41, 5.74) is -1.08. The molecule has 0 amide bonds. The average Bonchev–Trinajstić information content (AvgIpc) is 2.86. The van der Waals surface area contributed by atoms with E-state index < -0.39 is 17.4 Å². The molecule has 0 aliphatic heterocycles. The van der Waals surface area contributed by atoms with Crippen molar-refractivity contribution >= 4 is 11.9 Å². The molecule has 2 saturated carbocycles. The van der Waals surface area contributed by atoms with Gasteiger partial charge in [-0.15, -0.1) is 0 Å². The normalized spacial score (nSPS) is 25.0. The van der Waals surface area contributed by atoms with Crippen molar-refractivity contribution in [1.82, 2.24) is 0 Å². The second-order valence-electron chi connectivity index (χ2n) is 4.20. The van der Waals surface area contributed by atoms with Crippen LogP contribution < -0.4 is 0 Å². The lowest BCUT2D eigenvalue weighted by atomic mass is 9.75. The zero-order valence-corrected chi connectivity index (χ0v) is 8.46. The molecule has 0 aromatic carbocycles. The van der Waals surface area contributed by atoms with Crippen molar-refractivity contribution < 1.29 is 19.1 Å². The van der Waals surface area contributed by atoms with Crippen LogP contribution in [0.15, 0.2) is 0 Å². The fourth-order valence-corrected chi connectivity index (χ4v) is 2.68. The molecule has 0 heterocycles. The Hall–Kier alpha value is -1.06. The van der Waals surface area contributed by atoms with Gasteiger partial charge in [-0.2, -0.15) is 0 Å². The van der Waals surface area contributed by atoms with Crippen LogP contribution in [0.4, 0.5) is 0 Å². The lowest BCUT2D eigenvalue weighted by Crippen LogP contribution is -2.37. The molecule has 0 atom stereocenters. The summed E-state index contributed by atoms with van der Waals surface area (Å²) >= 11 is 0. The largest absolute Gasteiger partial charge is 0.468 e. The number of carbonyl (C=O) groups is 2. The van der Waals surface area contributed by atoms with Gasteiger partial charge in [0.15, 0.2) is 5.41 Å². The van der Waals surface area contributed by atoms with Gasteiger partial charge in [-0.25, -0.2) is 0 Å². The fraction of sp³-hybridized carbons (Fsp3) is 0.800. The van der Waals surface area contributed by atoms with E-state index in [0.717, 1.165) is 19.3 Å². The highest BCUT2D eigenvalue weighted by Crippen LogP contribution is 2.74. The van der Waals surface area contributed by atoms with Crippen molar-refractivity contribution in [3.63, 3.8) is 0 Å². The van der Waals surface area contributed by atoms with Crippen LogP contribution in [0, 0.1) is 10.8 Å². The Labute approximate surface area is 82.6 Å². The Morgan fingerprint density at radius 3 is 1.79 bits per heavy atom. The van der Waals surface area contributed by atoms with E-state index in [9.17, 15) is 9.59 Å². The molecule has 1 spiro atoms. The molecule has 2 rings (SSSR count). The van der Waals surface area contributed by atoms with Crippen LogP contribution >= 0.6 is 0 Å². The van der Waals surface area contributed by atoms with Gasteiger partial charge < -0.3 is 9.47 Å². The van der Waals surface area contributed by atoms with Crippen molar-refractivity contribution in [1.29, 1.82) is 0 Å². The molecule has 0 bridgehead atoms. The Balaban J connectivity index is 2.25. The molecule has 0 radical (unpaired) electrons. The highest BCUT2D eigenvalue weighted by atomic mass is 16.5. The molecule has 78 valence electrons. The van der Waals surface area contributed by atoms with Gasteiger partial charge in [-0.05, 0) is 24.7 Å². The first-order valence-corrected chi connectivity index (χ1v) is 4.80. The topological polar surface area (TPSA) is 52.6 Å². The summed E-state index contributed by atoms with van der Waals surface area (Å²) in [5.74, 6) is -0.854. The summed E-state index contributed by atoms with van der Waals surface area (Å²) in [6.45, 7) is 0.